The van der Waals surface area contributed by atoms with E-state index >= 15 is 0 Å². The number of anilines is 1. The summed E-state index contributed by atoms with van der Waals surface area (Å²) in [5.41, 5.74) is 7.65. The van der Waals surface area contributed by atoms with Gasteiger partial charge in [-0.15, -0.1) is 0 Å². The van der Waals surface area contributed by atoms with Crippen LogP contribution in [0.4, 0.5) is 5.69 Å². The SMILES string of the molecule is CCCn1ncc(-c2nccc(N)c2OC)n1. The first-order valence-corrected chi connectivity index (χ1v) is 5.45. The molecule has 0 radical (unpaired) electrons. The topological polar surface area (TPSA) is 78.9 Å². The molecule has 0 aliphatic carbocycles. The summed E-state index contributed by atoms with van der Waals surface area (Å²) in [5.74, 6) is 0.538. The van der Waals surface area contributed by atoms with E-state index in [1.807, 2.05) is 0 Å². The highest BCUT2D eigenvalue weighted by Gasteiger charge is 2.13. The smallest absolute Gasteiger partial charge is 0.169 e. The molecule has 6 heteroatoms. The molecule has 0 amide bonds. The van der Waals surface area contributed by atoms with Crippen molar-refractivity contribution < 1.29 is 4.74 Å². The predicted octanol–water partition coefficient (Wildman–Crippen LogP) is 1.34. The Labute approximate surface area is 99.4 Å². The first kappa shape index (κ1) is 11.4. The molecule has 17 heavy (non-hydrogen) atoms. The number of nitrogen functional groups attached to an aromatic ring is 1. The van der Waals surface area contributed by atoms with Gasteiger partial charge in [0.2, 0.25) is 0 Å². The molecule has 0 saturated heterocycles. The molecule has 2 heterocycles. The zero-order chi connectivity index (χ0) is 12.3. The lowest BCUT2D eigenvalue weighted by Crippen LogP contribution is -2.01. The van der Waals surface area contributed by atoms with Crippen molar-refractivity contribution in [2.75, 3.05) is 12.8 Å². The first-order chi connectivity index (χ1) is 8.26. The Morgan fingerprint density at radius 1 is 1.47 bits per heavy atom. The predicted molar refractivity (Wildman–Crippen MR) is 64.5 cm³/mol. The normalized spacial score (nSPS) is 10.5. The lowest BCUT2D eigenvalue weighted by Gasteiger charge is -2.07. The number of aromatic nitrogens is 4. The van der Waals surface area contributed by atoms with E-state index in [4.69, 9.17) is 10.5 Å². The van der Waals surface area contributed by atoms with Gasteiger partial charge in [0.1, 0.15) is 11.4 Å². The minimum atomic E-state index is 0.538. The van der Waals surface area contributed by atoms with Gasteiger partial charge in [-0.05, 0) is 12.5 Å². The fourth-order valence-electron chi connectivity index (χ4n) is 1.57. The van der Waals surface area contributed by atoms with E-state index in [1.54, 1.807) is 30.4 Å². The number of nitrogens with two attached hydrogens (primary N) is 1. The Balaban J connectivity index is 2.41. The van der Waals surface area contributed by atoms with Crippen LogP contribution >= 0.6 is 0 Å². The quantitative estimate of drug-likeness (QED) is 0.862. The number of pyridine rings is 1. The minimum absolute atomic E-state index is 0.538. The Morgan fingerprint density at radius 3 is 3.00 bits per heavy atom. The lowest BCUT2D eigenvalue weighted by molar-refractivity contribution is 0.416. The highest BCUT2D eigenvalue weighted by Crippen LogP contribution is 2.30. The summed E-state index contributed by atoms with van der Waals surface area (Å²) in [6.45, 7) is 2.85. The zero-order valence-corrected chi connectivity index (χ0v) is 9.92. The van der Waals surface area contributed by atoms with Crippen molar-refractivity contribution in [3.8, 4) is 17.1 Å². The van der Waals surface area contributed by atoms with Gasteiger partial charge in [-0.3, -0.25) is 4.98 Å². The van der Waals surface area contributed by atoms with Gasteiger partial charge < -0.3 is 10.5 Å². The maximum Gasteiger partial charge on any atom is 0.169 e. The standard InChI is InChI=1S/C11H15N5O/c1-3-6-16-14-7-9(15-16)10-11(17-2)8(12)4-5-13-10/h4-5,7H,3,6H2,1-2H3,(H2,12,13). The van der Waals surface area contributed by atoms with Gasteiger partial charge in [-0.1, -0.05) is 6.92 Å². The van der Waals surface area contributed by atoms with Crippen LogP contribution in [0.3, 0.4) is 0 Å². The van der Waals surface area contributed by atoms with Crippen molar-refractivity contribution in [2.24, 2.45) is 0 Å². The van der Waals surface area contributed by atoms with E-state index in [0.29, 0.717) is 22.8 Å². The van der Waals surface area contributed by atoms with Crippen LogP contribution < -0.4 is 10.5 Å². The summed E-state index contributed by atoms with van der Waals surface area (Å²) >= 11 is 0. The van der Waals surface area contributed by atoms with Gasteiger partial charge in [0.05, 0.1) is 25.5 Å². The van der Waals surface area contributed by atoms with Crippen LogP contribution in [0.2, 0.25) is 0 Å². The van der Waals surface area contributed by atoms with E-state index in [2.05, 4.69) is 22.1 Å². The van der Waals surface area contributed by atoms with Gasteiger partial charge >= 0.3 is 0 Å². The molecular formula is C11H15N5O. The first-order valence-electron chi connectivity index (χ1n) is 5.45. The fraction of sp³-hybridized carbons (Fsp3) is 0.364. The molecule has 2 aromatic rings. The number of methoxy groups -OCH3 is 1. The van der Waals surface area contributed by atoms with Gasteiger partial charge in [-0.2, -0.15) is 15.0 Å². The van der Waals surface area contributed by atoms with Gasteiger partial charge in [0.15, 0.2) is 5.75 Å². The molecule has 0 fully saturated rings. The number of hydrogen-bond donors (Lipinski definition) is 1. The third kappa shape index (κ3) is 2.20. The third-order valence-corrected chi connectivity index (χ3v) is 2.34. The fourth-order valence-corrected chi connectivity index (χ4v) is 1.57. The average molecular weight is 233 g/mol. The highest BCUT2D eigenvalue weighted by molar-refractivity contribution is 5.70. The number of nitrogens with zero attached hydrogens (tertiary/aromatic N) is 4. The van der Waals surface area contributed by atoms with Crippen molar-refractivity contribution in [3.63, 3.8) is 0 Å². The van der Waals surface area contributed by atoms with Gasteiger partial charge in [0.25, 0.3) is 0 Å². The van der Waals surface area contributed by atoms with Crippen molar-refractivity contribution in [1.82, 2.24) is 20.0 Å². The third-order valence-electron chi connectivity index (χ3n) is 2.34. The molecular weight excluding hydrogens is 218 g/mol. The van der Waals surface area contributed by atoms with Crippen molar-refractivity contribution >= 4 is 5.69 Å². The maximum atomic E-state index is 5.81. The molecule has 2 rings (SSSR count). The summed E-state index contributed by atoms with van der Waals surface area (Å²) < 4.78 is 5.24. The molecule has 0 unspecified atom stereocenters. The second-order valence-electron chi connectivity index (χ2n) is 3.61. The van der Waals surface area contributed by atoms with E-state index in [9.17, 15) is 0 Å². The molecule has 0 spiro atoms. The molecule has 0 bridgehead atoms. The highest BCUT2D eigenvalue weighted by atomic mass is 16.5. The summed E-state index contributed by atoms with van der Waals surface area (Å²) in [5, 5.41) is 8.48. The maximum absolute atomic E-state index is 5.81. The van der Waals surface area contributed by atoms with Crippen LogP contribution in [0.1, 0.15) is 13.3 Å². The van der Waals surface area contributed by atoms with Gasteiger partial charge in [0, 0.05) is 6.20 Å². The molecule has 0 atom stereocenters. The molecule has 0 aliphatic rings. The Hall–Kier alpha value is -2.11. The van der Waals surface area contributed by atoms with Crippen LogP contribution in [0.5, 0.6) is 5.75 Å². The summed E-state index contributed by atoms with van der Waals surface area (Å²) in [4.78, 5) is 5.87. The molecule has 6 nitrogen and oxygen atoms in total. The van der Waals surface area contributed by atoms with E-state index in [1.165, 1.54) is 0 Å². The summed E-state index contributed by atoms with van der Waals surface area (Å²) in [6.07, 6.45) is 4.28. The molecule has 2 N–H and O–H groups in total. The summed E-state index contributed by atoms with van der Waals surface area (Å²) in [7, 11) is 1.56. The molecule has 0 aromatic carbocycles. The monoisotopic (exact) mass is 233 g/mol. The number of rotatable bonds is 4. The van der Waals surface area contributed by atoms with Gasteiger partial charge in [-0.25, -0.2) is 0 Å². The second kappa shape index (κ2) is 4.82. The van der Waals surface area contributed by atoms with E-state index < -0.39 is 0 Å². The van der Waals surface area contributed by atoms with Crippen molar-refractivity contribution in [1.29, 1.82) is 0 Å². The summed E-state index contributed by atoms with van der Waals surface area (Å²) in [6, 6.07) is 1.69. The Morgan fingerprint density at radius 2 is 2.29 bits per heavy atom. The minimum Gasteiger partial charge on any atom is -0.492 e. The van der Waals surface area contributed by atoms with E-state index in [-0.39, 0.29) is 0 Å². The number of hydrogen-bond acceptors (Lipinski definition) is 5. The molecule has 0 saturated carbocycles. The van der Waals surface area contributed by atoms with Crippen LogP contribution in [-0.2, 0) is 6.54 Å². The second-order valence-corrected chi connectivity index (χ2v) is 3.61. The number of ether oxygens (including phenoxy) is 1. The van der Waals surface area contributed by atoms with Crippen molar-refractivity contribution in [2.45, 2.75) is 19.9 Å². The Bertz CT molecular complexity index is 508. The molecule has 90 valence electrons. The van der Waals surface area contributed by atoms with Crippen LogP contribution in [0, 0.1) is 0 Å². The van der Waals surface area contributed by atoms with E-state index in [0.717, 1.165) is 13.0 Å². The average Bonchev–Trinajstić information content (AvgIpc) is 2.78. The lowest BCUT2D eigenvalue weighted by atomic mass is 10.2. The largest absolute Gasteiger partial charge is 0.492 e. The number of aryl methyl sites for hydroxylation is 1. The molecule has 0 aliphatic heterocycles. The zero-order valence-electron chi connectivity index (χ0n) is 9.92. The van der Waals surface area contributed by atoms with Crippen LogP contribution in [-0.4, -0.2) is 27.1 Å². The molecule has 2 aromatic heterocycles. The van der Waals surface area contributed by atoms with Crippen LogP contribution in [0.15, 0.2) is 18.5 Å². The Kier molecular flexibility index (Phi) is 3.22. The van der Waals surface area contributed by atoms with Crippen molar-refractivity contribution in [3.05, 3.63) is 18.5 Å². The van der Waals surface area contributed by atoms with Crippen LogP contribution in [0.25, 0.3) is 11.4 Å².